The van der Waals surface area contributed by atoms with E-state index in [9.17, 15) is 4.79 Å². The third kappa shape index (κ3) is 5.42. The summed E-state index contributed by atoms with van der Waals surface area (Å²) in [5.74, 6) is 2.14. The minimum absolute atomic E-state index is 0.329. The number of anilines is 2. The number of carbonyl (C=O) groups is 1. The Bertz CT molecular complexity index is 690. The van der Waals surface area contributed by atoms with Crippen molar-refractivity contribution in [3.05, 3.63) is 12.3 Å². The van der Waals surface area contributed by atoms with E-state index in [1.54, 1.807) is 0 Å². The van der Waals surface area contributed by atoms with E-state index >= 15 is 0 Å². The third-order valence-electron chi connectivity index (χ3n) is 6.85. The Hall–Kier alpha value is -1.89. The highest BCUT2D eigenvalue weighted by atomic mass is 16.2. The van der Waals surface area contributed by atoms with Crippen LogP contribution < -0.4 is 10.2 Å². The number of hydrogen-bond acceptors (Lipinski definition) is 6. The SMILES string of the molecule is CCCC(=O)N1CCCC(N2CCC(Nc3nccc(N4CCCCCC4)n3)C2)C1. The lowest BCUT2D eigenvalue weighted by Gasteiger charge is -2.37. The minimum Gasteiger partial charge on any atom is -0.356 e. The first-order valence-corrected chi connectivity index (χ1v) is 12.1. The van der Waals surface area contributed by atoms with E-state index in [1.165, 1.54) is 32.1 Å². The molecule has 3 fully saturated rings. The normalized spacial score (nSPS) is 25.9. The van der Waals surface area contributed by atoms with E-state index in [0.717, 1.165) is 70.3 Å². The zero-order valence-corrected chi connectivity index (χ0v) is 18.6. The van der Waals surface area contributed by atoms with Crippen molar-refractivity contribution in [2.45, 2.75) is 76.8 Å². The second-order valence-corrected chi connectivity index (χ2v) is 9.15. The highest BCUT2D eigenvalue weighted by Crippen LogP contribution is 2.24. The number of likely N-dealkylation sites (tertiary alicyclic amines) is 2. The lowest BCUT2D eigenvalue weighted by molar-refractivity contribution is -0.133. The topological polar surface area (TPSA) is 64.6 Å². The van der Waals surface area contributed by atoms with Gasteiger partial charge in [-0.2, -0.15) is 4.98 Å². The summed E-state index contributed by atoms with van der Waals surface area (Å²) < 4.78 is 0. The zero-order valence-electron chi connectivity index (χ0n) is 18.6. The van der Waals surface area contributed by atoms with Gasteiger partial charge in [0, 0.05) is 64.0 Å². The molecule has 4 rings (SSSR count). The fourth-order valence-electron chi connectivity index (χ4n) is 5.17. The lowest BCUT2D eigenvalue weighted by Crippen LogP contribution is -2.49. The van der Waals surface area contributed by atoms with Crippen molar-refractivity contribution >= 4 is 17.7 Å². The standard InChI is InChI=1S/C23H38N6O/c1-2-8-22(30)29-15-7-9-20(18-29)28-16-11-19(17-28)25-23-24-12-10-21(26-23)27-13-5-3-4-6-14-27/h10,12,19-20H,2-9,11,13-18H2,1H3,(H,24,25,26). The van der Waals surface area contributed by atoms with Crippen LogP contribution in [0.1, 0.15) is 64.7 Å². The maximum atomic E-state index is 12.3. The summed E-state index contributed by atoms with van der Waals surface area (Å²) in [6.45, 7) is 8.21. The zero-order chi connectivity index (χ0) is 20.8. The van der Waals surface area contributed by atoms with Crippen molar-refractivity contribution in [1.82, 2.24) is 19.8 Å². The molecule has 0 saturated carbocycles. The van der Waals surface area contributed by atoms with E-state index < -0.39 is 0 Å². The van der Waals surface area contributed by atoms with Crippen molar-refractivity contribution in [3.63, 3.8) is 0 Å². The maximum Gasteiger partial charge on any atom is 0.224 e. The van der Waals surface area contributed by atoms with Crippen LogP contribution in [0.2, 0.25) is 0 Å². The average Bonchev–Trinajstić information content (AvgIpc) is 3.06. The second kappa shape index (κ2) is 10.4. The highest BCUT2D eigenvalue weighted by Gasteiger charge is 2.32. The van der Waals surface area contributed by atoms with Gasteiger partial charge in [-0.25, -0.2) is 4.98 Å². The molecule has 1 aromatic heterocycles. The Morgan fingerprint density at radius 1 is 1.07 bits per heavy atom. The number of carbonyl (C=O) groups excluding carboxylic acids is 1. The molecule has 2 atom stereocenters. The molecule has 0 aromatic carbocycles. The van der Waals surface area contributed by atoms with E-state index in [2.05, 4.69) is 31.9 Å². The first kappa shape index (κ1) is 21.3. The predicted octanol–water partition coefficient (Wildman–Crippen LogP) is 3.13. The molecule has 3 saturated heterocycles. The Kier molecular flexibility index (Phi) is 7.42. The number of hydrogen-bond donors (Lipinski definition) is 1. The molecule has 7 nitrogen and oxygen atoms in total. The fraction of sp³-hybridized carbons (Fsp3) is 0.783. The van der Waals surface area contributed by atoms with Crippen LogP contribution in [0.25, 0.3) is 0 Å². The van der Waals surface area contributed by atoms with E-state index in [4.69, 9.17) is 4.98 Å². The van der Waals surface area contributed by atoms with Crippen molar-refractivity contribution in [2.24, 2.45) is 0 Å². The van der Waals surface area contributed by atoms with Gasteiger partial charge in [0.05, 0.1) is 0 Å². The molecule has 166 valence electrons. The van der Waals surface area contributed by atoms with Crippen molar-refractivity contribution in [1.29, 1.82) is 0 Å². The highest BCUT2D eigenvalue weighted by molar-refractivity contribution is 5.76. The molecule has 1 aromatic rings. The summed E-state index contributed by atoms with van der Waals surface area (Å²) in [5.41, 5.74) is 0. The van der Waals surface area contributed by atoms with Gasteiger partial charge in [0.15, 0.2) is 0 Å². The van der Waals surface area contributed by atoms with Crippen LogP contribution in [0, 0.1) is 0 Å². The van der Waals surface area contributed by atoms with Gasteiger partial charge in [0.1, 0.15) is 5.82 Å². The molecule has 0 bridgehead atoms. The van der Waals surface area contributed by atoms with Gasteiger partial charge in [-0.15, -0.1) is 0 Å². The van der Waals surface area contributed by atoms with Crippen LogP contribution in [-0.2, 0) is 4.79 Å². The molecule has 0 aliphatic carbocycles. The lowest BCUT2D eigenvalue weighted by atomic mass is 10.0. The molecule has 3 aliphatic heterocycles. The van der Waals surface area contributed by atoms with Crippen LogP contribution in [0.5, 0.6) is 0 Å². The van der Waals surface area contributed by atoms with Crippen LogP contribution in [0.3, 0.4) is 0 Å². The van der Waals surface area contributed by atoms with E-state index in [1.807, 2.05) is 12.3 Å². The molecular formula is C23H38N6O. The molecule has 3 aliphatic rings. The van der Waals surface area contributed by atoms with Crippen LogP contribution in [0.15, 0.2) is 12.3 Å². The predicted molar refractivity (Wildman–Crippen MR) is 121 cm³/mol. The van der Waals surface area contributed by atoms with Gasteiger partial charge in [0.25, 0.3) is 0 Å². The van der Waals surface area contributed by atoms with Crippen molar-refractivity contribution in [2.75, 3.05) is 49.5 Å². The van der Waals surface area contributed by atoms with Crippen LogP contribution in [0.4, 0.5) is 11.8 Å². The molecule has 4 heterocycles. The van der Waals surface area contributed by atoms with Gasteiger partial charge >= 0.3 is 0 Å². The van der Waals surface area contributed by atoms with Crippen LogP contribution >= 0.6 is 0 Å². The number of amides is 1. The van der Waals surface area contributed by atoms with Gasteiger partial charge < -0.3 is 15.1 Å². The van der Waals surface area contributed by atoms with E-state index in [-0.39, 0.29) is 0 Å². The minimum atomic E-state index is 0.329. The second-order valence-electron chi connectivity index (χ2n) is 9.15. The summed E-state index contributed by atoms with van der Waals surface area (Å²) in [4.78, 5) is 28.7. The maximum absolute atomic E-state index is 12.3. The van der Waals surface area contributed by atoms with Crippen LogP contribution in [-0.4, -0.2) is 77.0 Å². The molecule has 0 radical (unpaired) electrons. The van der Waals surface area contributed by atoms with Gasteiger partial charge in [-0.1, -0.05) is 19.8 Å². The number of rotatable bonds is 6. The van der Waals surface area contributed by atoms with Gasteiger partial charge in [0.2, 0.25) is 11.9 Å². The molecule has 7 heteroatoms. The van der Waals surface area contributed by atoms with E-state index in [0.29, 0.717) is 24.4 Å². The molecular weight excluding hydrogens is 376 g/mol. The third-order valence-corrected chi connectivity index (χ3v) is 6.85. The van der Waals surface area contributed by atoms with Gasteiger partial charge in [-0.05, 0) is 44.6 Å². The van der Waals surface area contributed by atoms with Crippen molar-refractivity contribution in [3.8, 4) is 0 Å². The quantitative estimate of drug-likeness (QED) is 0.772. The largest absolute Gasteiger partial charge is 0.356 e. The first-order chi connectivity index (χ1) is 14.7. The van der Waals surface area contributed by atoms with Gasteiger partial charge in [-0.3, -0.25) is 9.69 Å². The fourth-order valence-corrected chi connectivity index (χ4v) is 5.17. The summed E-state index contributed by atoms with van der Waals surface area (Å²) in [6.07, 6.45) is 12.1. The first-order valence-electron chi connectivity index (χ1n) is 12.1. The number of aromatic nitrogens is 2. The Labute approximate surface area is 181 Å². The summed E-state index contributed by atoms with van der Waals surface area (Å²) in [7, 11) is 0. The Morgan fingerprint density at radius 3 is 2.70 bits per heavy atom. The molecule has 30 heavy (non-hydrogen) atoms. The number of piperidine rings is 1. The Balaban J connectivity index is 1.31. The molecule has 0 spiro atoms. The number of nitrogens with one attached hydrogen (secondary N) is 1. The summed E-state index contributed by atoms with van der Waals surface area (Å²) >= 11 is 0. The number of nitrogens with zero attached hydrogens (tertiary/aromatic N) is 5. The Morgan fingerprint density at radius 2 is 1.90 bits per heavy atom. The molecule has 2 unspecified atom stereocenters. The van der Waals surface area contributed by atoms with Crippen molar-refractivity contribution < 1.29 is 4.79 Å². The molecule has 1 amide bonds. The smallest absolute Gasteiger partial charge is 0.224 e. The monoisotopic (exact) mass is 414 g/mol. The summed E-state index contributed by atoms with van der Waals surface area (Å²) in [5, 5.41) is 3.59. The summed E-state index contributed by atoms with van der Waals surface area (Å²) in [6, 6.07) is 2.92. The molecule has 1 N–H and O–H groups in total. The average molecular weight is 415 g/mol.